The summed E-state index contributed by atoms with van der Waals surface area (Å²) >= 11 is 0. The summed E-state index contributed by atoms with van der Waals surface area (Å²) in [5, 5.41) is 7.47. The third-order valence-electron chi connectivity index (χ3n) is 3.96. The van der Waals surface area contributed by atoms with Crippen molar-refractivity contribution >= 4 is 22.7 Å². The van der Waals surface area contributed by atoms with Gasteiger partial charge in [-0.15, -0.1) is 0 Å². The highest BCUT2D eigenvalue weighted by atomic mass is 19.4. The quantitative estimate of drug-likeness (QED) is 0.532. The lowest BCUT2D eigenvalue weighted by molar-refractivity contribution is -0.153. The number of ether oxygens (including phenoxy) is 1. The minimum Gasteiger partial charge on any atom is -0.484 e. The largest absolute Gasteiger partial charge is 0.484 e. The molecule has 0 aliphatic carbocycles. The molecule has 10 heteroatoms. The molecule has 148 valence electrons. The second kappa shape index (κ2) is 7.30. The number of nitrogens with one attached hydrogen (secondary N) is 2. The molecule has 0 bridgehead atoms. The Balaban J connectivity index is 1.59. The van der Waals surface area contributed by atoms with Crippen LogP contribution in [0.1, 0.15) is 0 Å². The van der Waals surface area contributed by atoms with Crippen molar-refractivity contribution in [2.24, 2.45) is 0 Å². The zero-order valence-electron chi connectivity index (χ0n) is 14.8. The first-order valence-corrected chi connectivity index (χ1v) is 8.49. The fourth-order valence-corrected chi connectivity index (χ4v) is 2.67. The Bertz CT molecular complexity index is 1180. The average Bonchev–Trinajstić information content (AvgIpc) is 3.12. The maximum absolute atomic E-state index is 12.4. The Morgan fingerprint density at radius 3 is 2.48 bits per heavy atom. The van der Waals surface area contributed by atoms with E-state index in [1.807, 2.05) is 30.3 Å². The van der Waals surface area contributed by atoms with Crippen molar-refractivity contribution in [1.82, 2.24) is 19.7 Å². The predicted octanol–water partition coefficient (Wildman–Crippen LogP) is 3.79. The molecule has 0 aliphatic rings. The molecule has 2 aromatic heterocycles. The standard InChI is InChI=1S/C19H14F3N5O2/c20-19(21,22)11-29-14-8-6-12(7-9-14)24-18-25-16-15(17(28)26-18)10-23-27(16)13-4-2-1-3-5-13/h1-10H,11H2,(H2,24,25,26,28). The van der Waals surface area contributed by atoms with Gasteiger partial charge in [0.1, 0.15) is 11.1 Å². The number of rotatable bonds is 5. The number of nitrogens with zero attached hydrogens (tertiary/aromatic N) is 3. The van der Waals surface area contributed by atoms with Crippen molar-refractivity contribution in [2.75, 3.05) is 11.9 Å². The van der Waals surface area contributed by atoms with Gasteiger partial charge >= 0.3 is 6.18 Å². The summed E-state index contributed by atoms with van der Waals surface area (Å²) in [5.74, 6) is 0.246. The van der Waals surface area contributed by atoms with E-state index in [0.717, 1.165) is 5.69 Å². The molecule has 0 saturated carbocycles. The summed E-state index contributed by atoms with van der Waals surface area (Å²) in [5.41, 5.74) is 1.26. The van der Waals surface area contributed by atoms with E-state index in [0.29, 0.717) is 16.7 Å². The Kier molecular flexibility index (Phi) is 4.67. The Morgan fingerprint density at radius 2 is 1.79 bits per heavy atom. The normalized spacial score (nSPS) is 11.6. The van der Waals surface area contributed by atoms with Crippen molar-refractivity contribution in [1.29, 1.82) is 0 Å². The highest BCUT2D eigenvalue weighted by Gasteiger charge is 2.28. The molecule has 2 N–H and O–H groups in total. The lowest BCUT2D eigenvalue weighted by Gasteiger charge is -2.10. The van der Waals surface area contributed by atoms with Crippen LogP contribution in [0.3, 0.4) is 0 Å². The van der Waals surface area contributed by atoms with Gasteiger partial charge in [0.05, 0.1) is 11.9 Å². The van der Waals surface area contributed by atoms with Gasteiger partial charge in [0.2, 0.25) is 5.95 Å². The number of alkyl halides is 3. The van der Waals surface area contributed by atoms with E-state index in [4.69, 9.17) is 0 Å². The number of hydrogen-bond donors (Lipinski definition) is 2. The van der Waals surface area contributed by atoms with Crippen LogP contribution in [0, 0.1) is 0 Å². The smallest absolute Gasteiger partial charge is 0.422 e. The monoisotopic (exact) mass is 401 g/mol. The van der Waals surface area contributed by atoms with Crippen molar-refractivity contribution in [2.45, 2.75) is 6.18 Å². The Morgan fingerprint density at radius 1 is 1.07 bits per heavy atom. The van der Waals surface area contributed by atoms with E-state index in [2.05, 4.69) is 25.1 Å². The number of aromatic amines is 1. The zero-order valence-corrected chi connectivity index (χ0v) is 14.8. The molecule has 0 amide bonds. The molecule has 0 atom stereocenters. The van der Waals surface area contributed by atoms with Crippen LogP contribution in [0.15, 0.2) is 65.6 Å². The van der Waals surface area contributed by atoms with Crippen molar-refractivity contribution < 1.29 is 17.9 Å². The molecule has 2 aromatic carbocycles. The Hall–Kier alpha value is -3.82. The Labute approximate surface area is 161 Å². The van der Waals surface area contributed by atoms with E-state index in [1.165, 1.54) is 30.5 Å². The molecular weight excluding hydrogens is 387 g/mol. The first kappa shape index (κ1) is 18.5. The number of benzene rings is 2. The van der Waals surface area contributed by atoms with Gasteiger partial charge < -0.3 is 10.1 Å². The maximum Gasteiger partial charge on any atom is 0.422 e. The zero-order chi connectivity index (χ0) is 20.4. The molecule has 0 aliphatic heterocycles. The number of para-hydroxylation sites is 1. The molecule has 0 spiro atoms. The predicted molar refractivity (Wildman–Crippen MR) is 101 cm³/mol. The molecule has 4 aromatic rings. The summed E-state index contributed by atoms with van der Waals surface area (Å²) in [6.07, 6.45) is -2.97. The highest BCUT2D eigenvalue weighted by molar-refractivity contribution is 5.76. The molecular formula is C19H14F3N5O2. The topological polar surface area (TPSA) is 84.8 Å². The van der Waals surface area contributed by atoms with E-state index < -0.39 is 12.8 Å². The molecule has 0 unspecified atom stereocenters. The van der Waals surface area contributed by atoms with Gasteiger partial charge in [-0.2, -0.15) is 23.3 Å². The summed E-state index contributed by atoms with van der Waals surface area (Å²) in [6.45, 7) is -1.37. The van der Waals surface area contributed by atoms with Crippen LogP contribution < -0.4 is 15.6 Å². The van der Waals surface area contributed by atoms with Crippen LogP contribution in [-0.4, -0.2) is 32.5 Å². The van der Waals surface area contributed by atoms with Crippen molar-refractivity contribution in [3.8, 4) is 11.4 Å². The number of H-pyrrole nitrogens is 1. The SMILES string of the molecule is O=c1[nH]c(Nc2ccc(OCC(F)(F)F)cc2)nc2c1cnn2-c1ccccc1. The van der Waals surface area contributed by atoms with Crippen LogP contribution in [0.5, 0.6) is 5.75 Å². The number of fused-ring (bicyclic) bond motifs is 1. The lowest BCUT2D eigenvalue weighted by atomic mass is 10.3. The molecule has 4 rings (SSSR count). The fraction of sp³-hybridized carbons (Fsp3) is 0.105. The second-order valence-corrected chi connectivity index (χ2v) is 6.10. The lowest BCUT2D eigenvalue weighted by Crippen LogP contribution is -2.19. The van der Waals surface area contributed by atoms with Gasteiger partial charge in [-0.1, -0.05) is 18.2 Å². The number of halogens is 3. The average molecular weight is 401 g/mol. The minimum absolute atomic E-state index is 0.0759. The van der Waals surface area contributed by atoms with E-state index in [-0.39, 0.29) is 17.3 Å². The van der Waals surface area contributed by atoms with Gasteiger partial charge in [-0.3, -0.25) is 9.78 Å². The first-order valence-electron chi connectivity index (χ1n) is 8.49. The number of hydrogen-bond acceptors (Lipinski definition) is 5. The molecule has 29 heavy (non-hydrogen) atoms. The molecule has 7 nitrogen and oxygen atoms in total. The number of aromatic nitrogens is 4. The number of anilines is 2. The highest BCUT2D eigenvalue weighted by Crippen LogP contribution is 2.22. The van der Waals surface area contributed by atoms with E-state index in [1.54, 1.807) is 4.68 Å². The van der Waals surface area contributed by atoms with Gasteiger partial charge in [-0.05, 0) is 36.4 Å². The summed E-state index contributed by atoms with van der Waals surface area (Å²) < 4.78 is 42.9. The van der Waals surface area contributed by atoms with Crippen molar-refractivity contribution in [3.05, 3.63) is 71.1 Å². The van der Waals surface area contributed by atoms with Crippen LogP contribution in [0.2, 0.25) is 0 Å². The fourth-order valence-electron chi connectivity index (χ4n) is 2.67. The van der Waals surface area contributed by atoms with Crippen LogP contribution in [-0.2, 0) is 0 Å². The maximum atomic E-state index is 12.4. The molecule has 0 radical (unpaired) electrons. The van der Waals surface area contributed by atoms with Crippen molar-refractivity contribution in [3.63, 3.8) is 0 Å². The van der Waals surface area contributed by atoms with Gasteiger partial charge in [0, 0.05) is 5.69 Å². The molecule has 0 fully saturated rings. The van der Waals surface area contributed by atoms with Gasteiger partial charge in [0.15, 0.2) is 12.3 Å². The third kappa shape index (κ3) is 4.21. The van der Waals surface area contributed by atoms with Crippen LogP contribution >= 0.6 is 0 Å². The van der Waals surface area contributed by atoms with Crippen LogP contribution in [0.4, 0.5) is 24.8 Å². The van der Waals surface area contributed by atoms with Gasteiger partial charge in [-0.25, -0.2) is 4.68 Å². The molecule has 2 heterocycles. The second-order valence-electron chi connectivity index (χ2n) is 6.10. The summed E-state index contributed by atoms with van der Waals surface area (Å²) in [4.78, 5) is 19.4. The third-order valence-corrected chi connectivity index (χ3v) is 3.96. The summed E-state index contributed by atoms with van der Waals surface area (Å²) in [6, 6.07) is 15.0. The molecule has 0 saturated heterocycles. The minimum atomic E-state index is -4.41. The van der Waals surface area contributed by atoms with Crippen LogP contribution in [0.25, 0.3) is 16.7 Å². The van der Waals surface area contributed by atoms with Gasteiger partial charge in [0.25, 0.3) is 5.56 Å². The first-order chi connectivity index (χ1) is 13.9. The van der Waals surface area contributed by atoms with E-state index in [9.17, 15) is 18.0 Å². The summed E-state index contributed by atoms with van der Waals surface area (Å²) in [7, 11) is 0. The van der Waals surface area contributed by atoms with E-state index >= 15 is 0 Å².